The van der Waals surface area contributed by atoms with E-state index < -0.39 is 12.1 Å². The summed E-state index contributed by atoms with van der Waals surface area (Å²) in [5.41, 5.74) is 2.42. The van der Waals surface area contributed by atoms with Crippen LogP contribution in [-0.4, -0.2) is 57.9 Å². The third-order valence-electron chi connectivity index (χ3n) is 4.14. The Morgan fingerprint density at radius 1 is 1.31 bits per heavy atom. The van der Waals surface area contributed by atoms with Crippen molar-refractivity contribution < 1.29 is 27.8 Å². The molecule has 1 aromatic rings. The highest BCUT2D eigenvalue weighted by molar-refractivity contribution is 5.73. The molecule has 0 radical (unpaired) electrons. The van der Waals surface area contributed by atoms with Crippen molar-refractivity contribution in [3.05, 3.63) is 17.6 Å². The van der Waals surface area contributed by atoms with Crippen LogP contribution in [0.5, 0.6) is 5.88 Å². The maximum Gasteiger partial charge on any atom is 0.490 e. The minimum Gasteiger partial charge on any atom is -0.475 e. The fourth-order valence-corrected chi connectivity index (χ4v) is 2.72. The summed E-state index contributed by atoms with van der Waals surface area (Å²) in [6.45, 7) is 7.60. The largest absolute Gasteiger partial charge is 0.490 e. The van der Waals surface area contributed by atoms with Gasteiger partial charge in [0.25, 0.3) is 0 Å². The number of aliphatic carboxylic acids is 1. The maximum atomic E-state index is 10.6. The number of carboxylic acids is 1. The van der Waals surface area contributed by atoms with E-state index in [1.807, 2.05) is 13.8 Å². The van der Waals surface area contributed by atoms with Crippen molar-refractivity contribution in [2.75, 3.05) is 19.6 Å². The van der Waals surface area contributed by atoms with E-state index in [0.717, 1.165) is 37.7 Å². The summed E-state index contributed by atoms with van der Waals surface area (Å²) in [6.07, 6.45) is 1.62. The van der Waals surface area contributed by atoms with Gasteiger partial charge in [0.1, 0.15) is 6.33 Å². The van der Waals surface area contributed by atoms with Crippen molar-refractivity contribution in [1.29, 1.82) is 0 Å². The lowest BCUT2D eigenvalue weighted by molar-refractivity contribution is -0.192. The lowest BCUT2D eigenvalue weighted by atomic mass is 10.1. The van der Waals surface area contributed by atoms with E-state index >= 15 is 0 Å². The zero-order valence-corrected chi connectivity index (χ0v) is 14.9. The first-order chi connectivity index (χ1) is 12.2. The lowest BCUT2D eigenvalue weighted by Gasteiger charge is -2.18. The van der Waals surface area contributed by atoms with Crippen LogP contribution in [0.25, 0.3) is 0 Å². The van der Waals surface area contributed by atoms with Crippen LogP contribution in [0.15, 0.2) is 6.33 Å². The number of carboxylic acid groups (broad SMARTS) is 1. The first kappa shape index (κ1) is 20.4. The highest BCUT2D eigenvalue weighted by atomic mass is 19.4. The highest BCUT2D eigenvalue weighted by Crippen LogP contribution is 2.31. The van der Waals surface area contributed by atoms with Gasteiger partial charge in [0, 0.05) is 31.6 Å². The zero-order valence-electron chi connectivity index (χ0n) is 14.9. The van der Waals surface area contributed by atoms with Crippen molar-refractivity contribution in [3.63, 3.8) is 0 Å². The van der Waals surface area contributed by atoms with E-state index in [1.54, 1.807) is 6.33 Å². The number of nitrogens with zero attached hydrogens (tertiary/aromatic N) is 3. The molecular formula is C17H24F3N3O3. The number of rotatable bonds is 4. The molecule has 146 valence electrons. The first-order valence-electron chi connectivity index (χ1n) is 8.68. The van der Waals surface area contributed by atoms with Crippen molar-refractivity contribution in [1.82, 2.24) is 14.9 Å². The Hall–Kier alpha value is -1.90. The Kier molecular flexibility index (Phi) is 6.80. The number of aromatic nitrogens is 2. The minimum atomic E-state index is -5.08. The molecule has 0 spiro atoms. The second kappa shape index (κ2) is 8.66. The van der Waals surface area contributed by atoms with Gasteiger partial charge in [0.15, 0.2) is 0 Å². The Bertz CT molecular complexity index is 619. The summed E-state index contributed by atoms with van der Waals surface area (Å²) in [6, 6.07) is 0. The summed E-state index contributed by atoms with van der Waals surface area (Å²) in [5, 5.41) is 7.12. The predicted molar refractivity (Wildman–Crippen MR) is 88.1 cm³/mol. The molecule has 1 aliphatic carbocycles. The molecule has 1 aromatic heterocycles. The van der Waals surface area contributed by atoms with Crippen molar-refractivity contribution >= 4 is 5.97 Å². The summed E-state index contributed by atoms with van der Waals surface area (Å²) in [7, 11) is 0. The molecule has 1 N–H and O–H groups in total. The molecule has 3 rings (SSSR count). The van der Waals surface area contributed by atoms with Gasteiger partial charge in [0.05, 0.1) is 11.8 Å². The van der Waals surface area contributed by atoms with Crippen LogP contribution in [-0.2, 0) is 17.6 Å². The first-order valence-corrected chi connectivity index (χ1v) is 8.68. The normalized spacial score (nSPS) is 17.8. The second-order valence-corrected chi connectivity index (χ2v) is 6.82. The van der Waals surface area contributed by atoms with Crippen molar-refractivity contribution in [2.24, 2.45) is 5.92 Å². The van der Waals surface area contributed by atoms with Crippen LogP contribution in [0, 0.1) is 5.92 Å². The highest BCUT2D eigenvalue weighted by Gasteiger charge is 2.38. The van der Waals surface area contributed by atoms with Gasteiger partial charge >= 0.3 is 12.1 Å². The molecule has 2 heterocycles. The fourth-order valence-electron chi connectivity index (χ4n) is 2.72. The number of ether oxygens (including phenoxy) is 1. The third kappa shape index (κ3) is 6.44. The molecule has 1 fully saturated rings. The number of alkyl halides is 3. The van der Waals surface area contributed by atoms with E-state index in [2.05, 4.69) is 14.9 Å². The summed E-state index contributed by atoms with van der Waals surface area (Å²) in [5.74, 6) is -1.00. The Labute approximate surface area is 150 Å². The molecule has 0 unspecified atom stereocenters. The Morgan fingerprint density at radius 2 is 1.92 bits per heavy atom. The molecule has 0 amide bonds. The Morgan fingerprint density at radius 3 is 2.46 bits per heavy atom. The maximum absolute atomic E-state index is 10.6. The molecular weight excluding hydrogens is 351 g/mol. The number of hydrogen-bond acceptors (Lipinski definition) is 5. The van der Waals surface area contributed by atoms with Gasteiger partial charge in [-0.15, -0.1) is 0 Å². The van der Waals surface area contributed by atoms with Crippen LogP contribution in [0.1, 0.15) is 37.9 Å². The number of hydrogen-bond donors (Lipinski definition) is 1. The molecule has 2 aliphatic rings. The molecule has 0 aromatic carbocycles. The molecule has 6 nitrogen and oxygen atoms in total. The quantitative estimate of drug-likeness (QED) is 0.872. The average molecular weight is 375 g/mol. The van der Waals surface area contributed by atoms with Gasteiger partial charge in [-0.1, -0.05) is 0 Å². The van der Waals surface area contributed by atoms with Crippen LogP contribution < -0.4 is 4.74 Å². The smallest absolute Gasteiger partial charge is 0.475 e. The number of carbonyl (C=O) groups is 1. The fraction of sp³-hybridized carbons (Fsp3) is 0.706. The van der Waals surface area contributed by atoms with E-state index in [9.17, 15) is 13.2 Å². The molecule has 0 saturated heterocycles. The molecule has 0 atom stereocenters. The predicted octanol–water partition coefficient (Wildman–Crippen LogP) is 2.71. The molecule has 1 aliphatic heterocycles. The molecule has 9 heteroatoms. The van der Waals surface area contributed by atoms with Gasteiger partial charge in [-0.3, -0.25) is 0 Å². The second-order valence-electron chi connectivity index (χ2n) is 6.82. The van der Waals surface area contributed by atoms with Gasteiger partial charge in [-0.05, 0) is 39.0 Å². The molecule has 0 bridgehead atoms. The average Bonchev–Trinajstić information content (AvgIpc) is 3.35. The number of halogens is 3. The van der Waals surface area contributed by atoms with E-state index in [-0.39, 0.29) is 6.10 Å². The van der Waals surface area contributed by atoms with E-state index in [1.165, 1.54) is 30.6 Å². The van der Waals surface area contributed by atoms with E-state index in [4.69, 9.17) is 14.6 Å². The van der Waals surface area contributed by atoms with Crippen LogP contribution in [0.3, 0.4) is 0 Å². The van der Waals surface area contributed by atoms with Crippen molar-refractivity contribution in [3.8, 4) is 5.88 Å². The molecule has 1 saturated carbocycles. The minimum absolute atomic E-state index is 0.171. The summed E-state index contributed by atoms with van der Waals surface area (Å²) < 4.78 is 37.6. The van der Waals surface area contributed by atoms with Gasteiger partial charge < -0.3 is 14.7 Å². The van der Waals surface area contributed by atoms with E-state index in [0.29, 0.717) is 0 Å². The third-order valence-corrected chi connectivity index (χ3v) is 4.14. The Balaban J connectivity index is 0.000000298. The monoisotopic (exact) mass is 375 g/mol. The van der Waals surface area contributed by atoms with Crippen molar-refractivity contribution in [2.45, 2.75) is 51.8 Å². The summed E-state index contributed by atoms with van der Waals surface area (Å²) >= 11 is 0. The zero-order chi connectivity index (χ0) is 19.3. The topological polar surface area (TPSA) is 75.6 Å². The van der Waals surface area contributed by atoms with Gasteiger partial charge in [0.2, 0.25) is 5.88 Å². The van der Waals surface area contributed by atoms with Crippen LogP contribution in [0.2, 0.25) is 0 Å². The standard InChI is InChI=1S/C15H23N3O.C2HF3O2/c1-11(2)19-15-13-5-7-18(9-12-3-4-12)8-6-14(13)16-10-17-15;3-2(4,5)1(6)7/h10-12H,3-9H2,1-2H3;(H,6,7). The number of fused-ring (bicyclic) bond motifs is 1. The molecule has 26 heavy (non-hydrogen) atoms. The van der Waals surface area contributed by atoms with Crippen LogP contribution >= 0.6 is 0 Å². The van der Waals surface area contributed by atoms with Gasteiger partial charge in [-0.2, -0.15) is 13.2 Å². The van der Waals surface area contributed by atoms with Crippen LogP contribution in [0.4, 0.5) is 13.2 Å². The lowest BCUT2D eigenvalue weighted by Crippen LogP contribution is -2.28. The SMILES string of the molecule is CC(C)Oc1ncnc2c1CCN(CC1CC1)CC2.O=C(O)C(F)(F)F. The summed E-state index contributed by atoms with van der Waals surface area (Å²) in [4.78, 5) is 20.3. The van der Waals surface area contributed by atoms with Gasteiger partial charge in [-0.25, -0.2) is 14.8 Å².